The van der Waals surface area contributed by atoms with Crippen molar-refractivity contribution in [2.24, 2.45) is 0 Å². The molecule has 4 rings (SSSR count). The van der Waals surface area contributed by atoms with Gasteiger partial charge >= 0.3 is 0 Å². The molecule has 1 aromatic carbocycles. The minimum absolute atomic E-state index is 0.143. The number of pyridine rings is 1. The van der Waals surface area contributed by atoms with Gasteiger partial charge < -0.3 is 14.5 Å². The smallest absolute Gasteiger partial charge is 0.263 e. The molecule has 1 aliphatic rings. The van der Waals surface area contributed by atoms with Crippen LogP contribution in [-0.2, 0) is 0 Å². The lowest BCUT2D eigenvalue weighted by atomic mass is 10.1. The number of para-hydroxylation sites is 1. The van der Waals surface area contributed by atoms with Crippen LogP contribution in [0.15, 0.2) is 41.8 Å². The Balaban J connectivity index is 1.62. The second kappa shape index (κ2) is 7.56. The third-order valence-electron chi connectivity index (χ3n) is 4.98. The molecule has 0 unspecified atom stereocenters. The molecule has 1 aliphatic heterocycles. The number of carbonyl (C=O) groups is 1. The number of nitrogens with zero attached hydrogens (tertiary/aromatic N) is 3. The SMILES string of the molecule is COc1cccc2c(N3CCCN(C(=O)c4cccs4)CC3)cc(C)nc12. The van der Waals surface area contributed by atoms with Crippen LogP contribution >= 0.6 is 11.3 Å². The third-order valence-corrected chi connectivity index (χ3v) is 5.84. The van der Waals surface area contributed by atoms with Gasteiger partial charge in [-0.3, -0.25) is 4.79 Å². The molecule has 1 fully saturated rings. The number of anilines is 1. The Hall–Kier alpha value is -2.60. The number of hydrogen-bond acceptors (Lipinski definition) is 5. The predicted octanol–water partition coefficient (Wildman–Crippen LogP) is 3.97. The summed E-state index contributed by atoms with van der Waals surface area (Å²) in [6.07, 6.45) is 0.948. The molecule has 5 nitrogen and oxygen atoms in total. The fourth-order valence-corrected chi connectivity index (χ4v) is 4.36. The largest absolute Gasteiger partial charge is 0.494 e. The monoisotopic (exact) mass is 381 g/mol. The summed E-state index contributed by atoms with van der Waals surface area (Å²) >= 11 is 1.51. The van der Waals surface area contributed by atoms with Gasteiger partial charge in [-0.15, -0.1) is 11.3 Å². The summed E-state index contributed by atoms with van der Waals surface area (Å²) in [5, 5.41) is 3.05. The van der Waals surface area contributed by atoms with Gasteiger partial charge in [-0.1, -0.05) is 18.2 Å². The molecule has 3 aromatic rings. The Kier molecular flexibility index (Phi) is 4.99. The predicted molar refractivity (Wildman–Crippen MR) is 110 cm³/mol. The Morgan fingerprint density at radius 2 is 2.04 bits per heavy atom. The molecule has 0 aliphatic carbocycles. The summed E-state index contributed by atoms with van der Waals surface area (Å²) in [5.41, 5.74) is 3.03. The summed E-state index contributed by atoms with van der Waals surface area (Å²) in [6, 6.07) is 12.0. The lowest BCUT2D eigenvalue weighted by Gasteiger charge is -2.25. The highest BCUT2D eigenvalue weighted by molar-refractivity contribution is 7.12. The van der Waals surface area contributed by atoms with E-state index in [0.29, 0.717) is 0 Å². The van der Waals surface area contributed by atoms with Crippen LogP contribution in [0, 0.1) is 6.92 Å². The molecule has 140 valence electrons. The average molecular weight is 382 g/mol. The molecule has 3 heterocycles. The van der Waals surface area contributed by atoms with Crippen LogP contribution < -0.4 is 9.64 Å². The maximum atomic E-state index is 12.7. The first-order valence-electron chi connectivity index (χ1n) is 9.19. The Bertz CT molecular complexity index is 955. The Labute approximate surface area is 163 Å². The Morgan fingerprint density at radius 1 is 1.15 bits per heavy atom. The first-order valence-corrected chi connectivity index (χ1v) is 10.1. The number of ether oxygens (including phenoxy) is 1. The molecule has 0 atom stereocenters. The topological polar surface area (TPSA) is 45.7 Å². The number of rotatable bonds is 3. The van der Waals surface area contributed by atoms with Crippen LogP contribution in [0.4, 0.5) is 5.69 Å². The fraction of sp³-hybridized carbons (Fsp3) is 0.333. The molecular weight excluding hydrogens is 358 g/mol. The van der Waals surface area contributed by atoms with Crippen molar-refractivity contribution in [2.75, 3.05) is 38.2 Å². The molecular formula is C21H23N3O2S. The molecule has 6 heteroatoms. The molecule has 0 radical (unpaired) electrons. The van der Waals surface area contributed by atoms with Crippen LogP contribution in [0.3, 0.4) is 0 Å². The second-order valence-corrected chi connectivity index (χ2v) is 7.70. The van der Waals surface area contributed by atoms with Crippen LogP contribution in [0.2, 0.25) is 0 Å². The van der Waals surface area contributed by atoms with Gasteiger partial charge in [0.2, 0.25) is 0 Å². The first-order chi connectivity index (χ1) is 13.2. The van der Waals surface area contributed by atoms with Gasteiger partial charge in [-0.05, 0) is 36.9 Å². The first kappa shape index (κ1) is 17.8. The maximum Gasteiger partial charge on any atom is 0.263 e. The van der Waals surface area contributed by atoms with E-state index >= 15 is 0 Å². The normalized spacial score (nSPS) is 15.0. The second-order valence-electron chi connectivity index (χ2n) is 6.75. The zero-order valence-electron chi connectivity index (χ0n) is 15.6. The highest BCUT2D eigenvalue weighted by atomic mass is 32.1. The third kappa shape index (κ3) is 3.49. The molecule has 0 bridgehead atoms. The summed E-state index contributed by atoms with van der Waals surface area (Å²) in [6.45, 7) is 5.26. The van der Waals surface area contributed by atoms with Crippen molar-refractivity contribution >= 4 is 33.8 Å². The van der Waals surface area contributed by atoms with E-state index in [1.807, 2.05) is 41.5 Å². The number of fused-ring (bicyclic) bond motifs is 1. The van der Waals surface area contributed by atoms with E-state index in [1.165, 1.54) is 17.0 Å². The maximum absolute atomic E-state index is 12.7. The number of methoxy groups -OCH3 is 1. The molecule has 0 spiro atoms. The van der Waals surface area contributed by atoms with Crippen molar-refractivity contribution in [3.63, 3.8) is 0 Å². The number of aromatic nitrogens is 1. The number of thiophene rings is 1. The van der Waals surface area contributed by atoms with Gasteiger partial charge in [-0.2, -0.15) is 0 Å². The highest BCUT2D eigenvalue weighted by Crippen LogP contribution is 2.32. The van der Waals surface area contributed by atoms with Crippen LogP contribution in [0.25, 0.3) is 10.9 Å². The van der Waals surface area contributed by atoms with Crippen LogP contribution in [-0.4, -0.2) is 49.1 Å². The summed E-state index contributed by atoms with van der Waals surface area (Å²) < 4.78 is 5.51. The lowest BCUT2D eigenvalue weighted by Crippen LogP contribution is -2.34. The van der Waals surface area contributed by atoms with E-state index in [-0.39, 0.29) is 5.91 Å². The lowest BCUT2D eigenvalue weighted by molar-refractivity contribution is 0.0772. The van der Waals surface area contributed by atoms with Crippen molar-refractivity contribution in [2.45, 2.75) is 13.3 Å². The van der Waals surface area contributed by atoms with Crippen molar-refractivity contribution in [1.82, 2.24) is 9.88 Å². The van der Waals surface area contributed by atoms with E-state index in [9.17, 15) is 4.79 Å². The number of amides is 1. The van der Waals surface area contributed by atoms with Gasteiger partial charge in [0, 0.05) is 42.9 Å². The van der Waals surface area contributed by atoms with Crippen molar-refractivity contribution < 1.29 is 9.53 Å². The molecule has 0 saturated carbocycles. The summed E-state index contributed by atoms with van der Waals surface area (Å²) in [5.74, 6) is 0.936. The quantitative estimate of drug-likeness (QED) is 0.689. The van der Waals surface area contributed by atoms with Gasteiger partial charge in [-0.25, -0.2) is 4.98 Å². The van der Waals surface area contributed by atoms with Crippen LogP contribution in [0.5, 0.6) is 5.75 Å². The molecule has 0 N–H and O–H groups in total. The standard InChI is InChI=1S/C21H23N3O2S/c1-15-14-17(16-6-3-7-18(26-2)20(16)22-15)23-9-5-10-24(12-11-23)21(25)19-8-4-13-27-19/h3-4,6-8,13-14H,5,9-12H2,1-2H3. The van der Waals surface area contributed by atoms with Crippen LogP contribution in [0.1, 0.15) is 21.8 Å². The van der Waals surface area contributed by atoms with E-state index < -0.39 is 0 Å². The van der Waals surface area contributed by atoms with Gasteiger partial charge in [0.05, 0.1) is 12.0 Å². The van der Waals surface area contributed by atoms with E-state index in [4.69, 9.17) is 4.74 Å². The zero-order chi connectivity index (χ0) is 18.8. The Morgan fingerprint density at radius 3 is 2.81 bits per heavy atom. The van der Waals surface area contributed by atoms with Gasteiger partial charge in [0.1, 0.15) is 11.3 Å². The summed E-state index contributed by atoms with van der Waals surface area (Å²) in [7, 11) is 1.68. The van der Waals surface area contributed by atoms with Crippen molar-refractivity contribution in [1.29, 1.82) is 0 Å². The average Bonchev–Trinajstić information content (AvgIpc) is 3.11. The van der Waals surface area contributed by atoms with Gasteiger partial charge in [0.15, 0.2) is 0 Å². The van der Waals surface area contributed by atoms with Crippen molar-refractivity contribution in [3.05, 3.63) is 52.3 Å². The summed E-state index contributed by atoms with van der Waals surface area (Å²) in [4.78, 5) is 22.6. The molecule has 2 aromatic heterocycles. The number of hydrogen-bond donors (Lipinski definition) is 0. The van der Waals surface area contributed by atoms with Crippen molar-refractivity contribution in [3.8, 4) is 5.75 Å². The minimum atomic E-state index is 0.143. The number of aryl methyl sites for hydroxylation is 1. The number of carbonyl (C=O) groups excluding carboxylic acids is 1. The van der Waals surface area contributed by atoms with Gasteiger partial charge in [0.25, 0.3) is 5.91 Å². The molecule has 1 amide bonds. The van der Waals surface area contributed by atoms with E-state index in [1.54, 1.807) is 7.11 Å². The molecule has 1 saturated heterocycles. The number of benzene rings is 1. The zero-order valence-corrected chi connectivity index (χ0v) is 16.5. The van der Waals surface area contributed by atoms with E-state index in [2.05, 4.69) is 22.0 Å². The minimum Gasteiger partial charge on any atom is -0.494 e. The highest BCUT2D eigenvalue weighted by Gasteiger charge is 2.22. The fourth-order valence-electron chi connectivity index (χ4n) is 3.67. The van der Waals surface area contributed by atoms with E-state index in [0.717, 1.165) is 59.8 Å². The molecule has 27 heavy (non-hydrogen) atoms.